The van der Waals surface area contributed by atoms with Crippen molar-refractivity contribution in [2.45, 2.75) is 38.6 Å². The number of nitrogens with zero attached hydrogens (tertiary/aromatic N) is 3. The van der Waals surface area contributed by atoms with E-state index in [1.807, 2.05) is 23.7 Å². The lowest BCUT2D eigenvalue weighted by Crippen LogP contribution is -2.31. The van der Waals surface area contributed by atoms with Gasteiger partial charge in [0.15, 0.2) is 11.6 Å². The van der Waals surface area contributed by atoms with Gasteiger partial charge in [0, 0.05) is 31.1 Å². The van der Waals surface area contributed by atoms with E-state index in [1.54, 1.807) is 18.3 Å². The number of amides is 1. The van der Waals surface area contributed by atoms with Crippen LogP contribution in [0.5, 0.6) is 11.5 Å². The van der Waals surface area contributed by atoms with E-state index in [-0.39, 0.29) is 23.0 Å². The quantitative estimate of drug-likeness (QED) is 0.520. The van der Waals surface area contributed by atoms with Gasteiger partial charge >= 0.3 is 0 Å². The van der Waals surface area contributed by atoms with Gasteiger partial charge in [-0.1, -0.05) is 19.3 Å². The van der Waals surface area contributed by atoms with Crippen LogP contribution in [0.25, 0.3) is 10.9 Å². The molecule has 1 saturated carbocycles. The molecule has 3 aromatic rings. The molecule has 4 rings (SSSR count). The molecule has 6 nitrogen and oxygen atoms in total. The molecule has 1 amide bonds. The minimum atomic E-state index is -0.831. The van der Waals surface area contributed by atoms with E-state index in [0.717, 1.165) is 29.6 Å². The van der Waals surface area contributed by atoms with Crippen molar-refractivity contribution >= 4 is 16.8 Å². The van der Waals surface area contributed by atoms with Gasteiger partial charge in [0.1, 0.15) is 11.6 Å². The topological polar surface area (TPSA) is 59.4 Å². The predicted octanol–water partition coefficient (Wildman–Crippen LogP) is 4.98. The molecule has 8 heteroatoms. The van der Waals surface area contributed by atoms with Gasteiger partial charge in [-0.3, -0.25) is 9.48 Å². The molecule has 176 valence electrons. The van der Waals surface area contributed by atoms with Gasteiger partial charge in [0.25, 0.3) is 5.91 Å². The van der Waals surface area contributed by atoms with E-state index >= 15 is 0 Å². The van der Waals surface area contributed by atoms with Crippen molar-refractivity contribution in [1.82, 2.24) is 20.0 Å². The summed E-state index contributed by atoms with van der Waals surface area (Å²) in [5.41, 5.74) is 1.13. The van der Waals surface area contributed by atoms with Crippen molar-refractivity contribution in [1.29, 1.82) is 0 Å². The maximum Gasteiger partial charge on any atom is 0.255 e. The van der Waals surface area contributed by atoms with Crippen LogP contribution < -0.4 is 10.1 Å². The number of aromatic nitrogens is 2. The number of benzene rings is 2. The van der Waals surface area contributed by atoms with Crippen LogP contribution in [0, 0.1) is 17.6 Å². The number of carbonyl (C=O) groups is 1. The van der Waals surface area contributed by atoms with Gasteiger partial charge in [-0.2, -0.15) is 5.10 Å². The molecule has 1 N–H and O–H groups in total. The Morgan fingerprint density at radius 2 is 1.94 bits per heavy atom. The standard InChI is InChI=1S/C25H30F2N4O2/c1-30(2)11-10-28-25(32)20-14-22-18(15-29-31(22)16-17-6-4-3-5-7-17)12-24(20)33-23-9-8-19(26)13-21(23)27/h8-9,12-15,17H,3-7,10-11,16H2,1-2H3,(H,28,32). The third-order valence-corrected chi connectivity index (χ3v) is 6.10. The van der Waals surface area contributed by atoms with Crippen LogP contribution in [0.4, 0.5) is 8.78 Å². The van der Waals surface area contributed by atoms with Gasteiger partial charge in [-0.05, 0) is 57.1 Å². The Kier molecular flexibility index (Phi) is 7.23. The zero-order valence-corrected chi connectivity index (χ0v) is 19.1. The van der Waals surface area contributed by atoms with Crippen LogP contribution in [-0.4, -0.2) is 47.8 Å². The second kappa shape index (κ2) is 10.3. The molecule has 0 spiro atoms. The Labute approximate surface area is 192 Å². The van der Waals surface area contributed by atoms with Crippen LogP contribution in [0.2, 0.25) is 0 Å². The molecule has 0 atom stereocenters. The first-order chi connectivity index (χ1) is 15.9. The first-order valence-corrected chi connectivity index (χ1v) is 11.5. The Morgan fingerprint density at radius 3 is 2.67 bits per heavy atom. The second-order valence-corrected chi connectivity index (χ2v) is 8.97. The maximum absolute atomic E-state index is 14.3. The summed E-state index contributed by atoms with van der Waals surface area (Å²) < 4.78 is 35.3. The molecular weight excluding hydrogens is 426 g/mol. The van der Waals surface area contributed by atoms with Crippen LogP contribution >= 0.6 is 0 Å². The summed E-state index contributed by atoms with van der Waals surface area (Å²) in [6, 6.07) is 6.55. The Balaban J connectivity index is 1.67. The summed E-state index contributed by atoms with van der Waals surface area (Å²) in [5, 5.41) is 8.24. The van der Waals surface area contributed by atoms with Crippen LogP contribution in [0.1, 0.15) is 42.5 Å². The summed E-state index contributed by atoms with van der Waals surface area (Å²) in [4.78, 5) is 15.0. The molecule has 1 fully saturated rings. The molecule has 0 radical (unpaired) electrons. The van der Waals surface area contributed by atoms with Crippen molar-refractivity contribution in [3.63, 3.8) is 0 Å². The van der Waals surface area contributed by atoms with Crippen LogP contribution in [0.15, 0.2) is 36.5 Å². The average molecular weight is 457 g/mol. The molecule has 33 heavy (non-hydrogen) atoms. The molecule has 0 saturated heterocycles. The van der Waals surface area contributed by atoms with Gasteiger partial charge in [0.2, 0.25) is 0 Å². The monoisotopic (exact) mass is 456 g/mol. The zero-order valence-electron chi connectivity index (χ0n) is 19.1. The summed E-state index contributed by atoms with van der Waals surface area (Å²) in [6.45, 7) is 1.93. The van der Waals surface area contributed by atoms with E-state index in [4.69, 9.17) is 4.74 Å². The van der Waals surface area contributed by atoms with Crippen molar-refractivity contribution in [2.75, 3.05) is 27.2 Å². The number of carbonyl (C=O) groups excluding carboxylic acids is 1. The van der Waals surface area contributed by atoms with Crippen LogP contribution in [-0.2, 0) is 6.54 Å². The van der Waals surface area contributed by atoms with Crippen molar-refractivity contribution in [3.8, 4) is 11.5 Å². The zero-order chi connectivity index (χ0) is 23.4. The number of hydrogen-bond acceptors (Lipinski definition) is 4. The third-order valence-electron chi connectivity index (χ3n) is 6.10. The van der Waals surface area contributed by atoms with Crippen LogP contribution in [0.3, 0.4) is 0 Å². The summed E-state index contributed by atoms with van der Waals surface area (Å²) >= 11 is 0. The number of ether oxygens (including phenoxy) is 1. The highest BCUT2D eigenvalue weighted by Crippen LogP contribution is 2.33. The Morgan fingerprint density at radius 1 is 1.15 bits per heavy atom. The van der Waals surface area contributed by atoms with E-state index < -0.39 is 11.6 Å². The normalized spacial score (nSPS) is 14.7. The highest BCUT2D eigenvalue weighted by molar-refractivity contribution is 6.01. The van der Waals surface area contributed by atoms with Crippen molar-refractivity contribution in [2.24, 2.45) is 5.92 Å². The predicted molar refractivity (Wildman–Crippen MR) is 124 cm³/mol. The molecule has 0 bridgehead atoms. The minimum absolute atomic E-state index is 0.146. The van der Waals surface area contributed by atoms with Gasteiger partial charge < -0.3 is 15.0 Å². The number of nitrogens with one attached hydrogen (secondary N) is 1. The molecular formula is C25H30F2N4O2. The van der Waals surface area contributed by atoms with Crippen molar-refractivity contribution in [3.05, 3.63) is 53.7 Å². The molecule has 2 aromatic carbocycles. The lowest BCUT2D eigenvalue weighted by Gasteiger charge is -2.21. The Hall–Kier alpha value is -3.00. The molecule has 0 unspecified atom stereocenters. The van der Waals surface area contributed by atoms with E-state index in [9.17, 15) is 13.6 Å². The maximum atomic E-state index is 14.3. The summed E-state index contributed by atoms with van der Waals surface area (Å²) in [5.74, 6) is -1.21. The number of likely N-dealkylation sites (N-methyl/N-ethyl adjacent to an activating group) is 1. The van der Waals surface area contributed by atoms with Gasteiger partial charge in [0.05, 0.1) is 17.3 Å². The lowest BCUT2D eigenvalue weighted by molar-refractivity contribution is 0.0948. The second-order valence-electron chi connectivity index (χ2n) is 8.97. The third kappa shape index (κ3) is 5.68. The number of rotatable bonds is 8. The fourth-order valence-electron chi connectivity index (χ4n) is 4.29. The molecule has 1 heterocycles. The summed E-state index contributed by atoms with van der Waals surface area (Å²) in [7, 11) is 3.85. The average Bonchev–Trinajstić information content (AvgIpc) is 3.17. The van der Waals surface area contributed by atoms with Crippen molar-refractivity contribution < 1.29 is 18.3 Å². The highest BCUT2D eigenvalue weighted by Gasteiger charge is 2.20. The first kappa shape index (κ1) is 23.2. The molecule has 1 aromatic heterocycles. The van der Waals surface area contributed by atoms with E-state index in [2.05, 4.69) is 10.4 Å². The van der Waals surface area contributed by atoms with Gasteiger partial charge in [-0.25, -0.2) is 8.78 Å². The van der Waals surface area contributed by atoms with Gasteiger partial charge in [-0.15, -0.1) is 0 Å². The lowest BCUT2D eigenvalue weighted by atomic mass is 9.89. The SMILES string of the molecule is CN(C)CCNC(=O)c1cc2c(cnn2CC2CCCCC2)cc1Oc1ccc(F)cc1F. The molecule has 1 aliphatic carbocycles. The molecule has 1 aliphatic rings. The van der Waals surface area contributed by atoms with E-state index in [0.29, 0.717) is 19.0 Å². The number of halogens is 2. The fraction of sp³-hybridized carbons (Fsp3) is 0.440. The smallest absolute Gasteiger partial charge is 0.255 e. The number of hydrogen-bond donors (Lipinski definition) is 1. The highest BCUT2D eigenvalue weighted by atomic mass is 19.1. The Bertz CT molecular complexity index is 1120. The summed E-state index contributed by atoms with van der Waals surface area (Å²) in [6.07, 6.45) is 7.87. The molecule has 0 aliphatic heterocycles. The fourth-order valence-corrected chi connectivity index (χ4v) is 4.29. The minimum Gasteiger partial charge on any atom is -0.453 e. The van der Waals surface area contributed by atoms with E-state index in [1.165, 1.54) is 38.2 Å². The largest absolute Gasteiger partial charge is 0.453 e. The number of fused-ring (bicyclic) bond motifs is 1. The first-order valence-electron chi connectivity index (χ1n) is 11.5.